The molecule has 1 heterocycles. The average Bonchev–Trinajstić information content (AvgIpc) is 3.02. The molecule has 0 aliphatic carbocycles. The lowest BCUT2D eigenvalue weighted by Crippen LogP contribution is -2.34. The van der Waals surface area contributed by atoms with Crippen LogP contribution in [0.5, 0.6) is 0 Å². The first-order valence-corrected chi connectivity index (χ1v) is 9.64. The Morgan fingerprint density at radius 1 is 1.09 bits per heavy atom. The number of benzene rings is 1. The van der Waals surface area contributed by atoms with Crippen LogP contribution in [-0.2, 0) is 10.0 Å². The van der Waals surface area contributed by atoms with Crippen molar-refractivity contribution in [2.45, 2.75) is 10.3 Å². The molecule has 0 saturated heterocycles. The lowest BCUT2D eigenvalue weighted by Gasteiger charge is -2.25. The number of nitrogens with zero attached hydrogens (tertiary/aromatic N) is 2. The normalized spacial score (nSPS) is 13.3. The van der Waals surface area contributed by atoms with Crippen molar-refractivity contribution >= 4 is 27.0 Å². The van der Waals surface area contributed by atoms with Crippen molar-refractivity contribution in [2.75, 3.05) is 39.6 Å². The van der Waals surface area contributed by atoms with Gasteiger partial charge in [-0.2, -0.15) is 0 Å². The number of hydrogen-bond acceptors (Lipinski definition) is 5. The highest BCUT2D eigenvalue weighted by Gasteiger charge is 2.20. The van der Waals surface area contributed by atoms with E-state index in [-0.39, 0.29) is 6.04 Å². The molecule has 0 fully saturated rings. The zero-order valence-corrected chi connectivity index (χ0v) is 15.5. The molecule has 126 valence electrons. The standard InChI is InChI=1S/C16H23N3O2S2/c1-18(2)14-9-7-13(8-10-14)15(19(3)4)12-17-23(20,21)16-6-5-11-22-16/h5-11,15,17H,12H2,1-4H3/t15-/m1/s1. The largest absolute Gasteiger partial charge is 0.378 e. The summed E-state index contributed by atoms with van der Waals surface area (Å²) >= 11 is 1.22. The molecular weight excluding hydrogens is 330 g/mol. The molecule has 0 unspecified atom stereocenters. The molecule has 5 nitrogen and oxygen atoms in total. The molecular formula is C16H23N3O2S2. The third-order valence-electron chi connectivity index (χ3n) is 3.64. The van der Waals surface area contributed by atoms with Gasteiger partial charge in [-0.3, -0.25) is 0 Å². The van der Waals surface area contributed by atoms with Crippen molar-refractivity contribution in [1.29, 1.82) is 0 Å². The van der Waals surface area contributed by atoms with Crippen LogP contribution in [0.1, 0.15) is 11.6 Å². The van der Waals surface area contributed by atoms with Crippen LogP contribution in [0.3, 0.4) is 0 Å². The Balaban J connectivity index is 2.13. The quantitative estimate of drug-likeness (QED) is 0.830. The van der Waals surface area contributed by atoms with E-state index in [9.17, 15) is 8.42 Å². The fraction of sp³-hybridized carbons (Fsp3) is 0.375. The highest BCUT2D eigenvalue weighted by atomic mass is 32.2. The van der Waals surface area contributed by atoms with E-state index in [1.54, 1.807) is 17.5 Å². The first kappa shape index (κ1) is 17.9. The van der Waals surface area contributed by atoms with Crippen molar-refractivity contribution in [1.82, 2.24) is 9.62 Å². The van der Waals surface area contributed by atoms with Crippen LogP contribution in [0.25, 0.3) is 0 Å². The van der Waals surface area contributed by atoms with Gasteiger partial charge < -0.3 is 9.80 Å². The van der Waals surface area contributed by atoms with Gasteiger partial charge in [0.15, 0.2) is 0 Å². The van der Waals surface area contributed by atoms with Crippen molar-refractivity contribution < 1.29 is 8.42 Å². The Labute approximate surface area is 142 Å². The Morgan fingerprint density at radius 3 is 2.22 bits per heavy atom. The molecule has 2 rings (SSSR count). The first-order chi connectivity index (χ1) is 10.8. The zero-order chi connectivity index (χ0) is 17.0. The molecule has 23 heavy (non-hydrogen) atoms. The van der Waals surface area contributed by atoms with Crippen molar-refractivity contribution in [3.8, 4) is 0 Å². The number of hydrogen-bond donors (Lipinski definition) is 1. The molecule has 0 aliphatic heterocycles. The molecule has 1 aromatic heterocycles. The summed E-state index contributed by atoms with van der Waals surface area (Å²) in [4.78, 5) is 4.05. The van der Waals surface area contributed by atoms with Gasteiger partial charge in [-0.25, -0.2) is 13.1 Å². The van der Waals surface area contributed by atoms with Crippen LogP contribution >= 0.6 is 11.3 Å². The molecule has 0 radical (unpaired) electrons. The smallest absolute Gasteiger partial charge is 0.250 e. The third-order valence-corrected chi connectivity index (χ3v) is 6.47. The van der Waals surface area contributed by atoms with Gasteiger partial charge in [0.25, 0.3) is 0 Å². The van der Waals surface area contributed by atoms with E-state index < -0.39 is 10.0 Å². The van der Waals surface area contributed by atoms with Crippen LogP contribution in [0.2, 0.25) is 0 Å². The van der Waals surface area contributed by atoms with Gasteiger partial charge in [0.05, 0.1) is 0 Å². The summed E-state index contributed by atoms with van der Waals surface area (Å²) < 4.78 is 27.6. The van der Waals surface area contributed by atoms with Gasteiger partial charge in [0.1, 0.15) is 4.21 Å². The number of thiophene rings is 1. The minimum atomic E-state index is -3.44. The molecule has 1 atom stereocenters. The number of sulfonamides is 1. The Kier molecular flexibility index (Phi) is 5.80. The van der Waals surface area contributed by atoms with E-state index in [0.717, 1.165) is 11.3 Å². The summed E-state index contributed by atoms with van der Waals surface area (Å²) in [7, 11) is 4.44. The predicted molar refractivity (Wildman–Crippen MR) is 96.7 cm³/mol. The average molecular weight is 354 g/mol. The maximum Gasteiger partial charge on any atom is 0.250 e. The Bertz CT molecular complexity index is 708. The highest BCUT2D eigenvalue weighted by Crippen LogP contribution is 2.22. The van der Waals surface area contributed by atoms with E-state index in [4.69, 9.17) is 0 Å². The minimum Gasteiger partial charge on any atom is -0.378 e. The van der Waals surface area contributed by atoms with E-state index in [1.165, 1.54) is 11.3 Å². The maximum atomic E-state index is 12.3. The number of rotatable bonds is 7. The molecule has 1 N–H and O–H groups in total. The topological polar surface area (TPSA) is 52.7 Å². The van der Waals surface area contributed by atoms with Crippen LogP contribution < -0.4 is 9.62 Å². The van der Waals surface area contributed by atoms with Crippen LogP contribution in [0, 0.1) is 0 Å². The second-order valence-corrected chi connectivity index (χ2v) is 8.69. The van der Waals surface area contributed by atoms with Crippen LogP contribution in [0.4, 0.5) is 5.69 Å². The fourth-order valence-corrected chi connectivity index (χ4v) is 4.35. The second-order valence-electron chi connectivity index (χ2n) is 5.75. The van der Waals surface area contributed by atoms with E-state index in [1.807, 2.05) is 62.3 Å². The van der Waals surface area contributed by atoms with E-state index in [0.29, 0.717) is 10.8 Å². The monoisotopic (exact) mass is 353 g/mol. The third kappa shape index (κ3) is 4.54. The molecule has 0 amide bonds. The predicted octanol–water partition coefficient (Wildman–Crippen LogP) is 2.40. The van der Waals surface area contributed by atoms with Crippen molar-refractivity contribution in [2.24, 2.45) is 0 Å². The van der Waals surface area contributed by atoms with Gasteiger partial charge in [-0.15, -0.1) is 11.3 Å². The van der Waals surface area contributed by atoms with Gasteiger partial charge in [-0.05, 0) is 43.2 Å². The van der Waals surface area contributed by atoms with Crippen molar-refractivity contribution in [3.63, 3.8) is 0 Å². The van der Waals surface area contributed by atoms with Gasteiger partial charge in [-0.1, -0.05) is 18.2 Å². The van der Waals surface area contributed by atoms with Gasteiger partial charge in [0, 0.05) is 32.4 Å². The lowest BCUT2D eigenvalue weighted by atomic mass is 10.1. The van der Waals surface area contributed by atoms with Gasteiger partial charge >= 0.3 is 0 Å². The van der Waals surface area contributed by atoms with Gasteiger partial charge in [0.2, 0.25) is 10.0 Å². The van der Waals surface area contributed by atoms with Crippen LogP contribution in [-0.4, -0.2) is 48.1 Å². The highest BCUT2D eigenvalue weighted by molar-refractivity contribution is 7.91. The first-order valence-electron chi connectivity index (χ1n) is 7.28. The summed E-state index contributed by atoms with van der Waals surface area (Å²) in [6.45, 7) is 0.328. The molecule has 0 bridgehead atoms. The summed E-state index contributed by atoms with van der Waals surface area (Å²) in [5.74, 6) is 0. The molecule has 0 saturated carbocycles. The molecule has 0 spiro atoms. The lowest BCUT2D eigenvalue weighted by molar-refractivity contribution is 0.299. The summed E-state index contributed by atoms with van der Waals surface area (Å²) in [5.41, 5.74) is 2.19. The summed E-state index contributed by atoms with van der Waals surface area (Å²) in [6.07, 6.45) is 0. The van der Waals surface area contributed by atoms with E-state index in [2.05, 4.69) is 4.72 Å². The van der Waals surface area contributed by atoms with Crippen LogP contribution in [0.15, 0.2) is 46.0 Å². The molecule has 7 heteroatoms. The Hall–Kier alpha value is -1.41. The minimum absolute atomic E-state index is 0.0269. The number of anilines is 1. The number of likely N-dealkylation sites (N-methyl/N-ethyl adjacent to an activating group) is 1. The Morgan fingerprint density at radius 2 is 1.74 bits per heavy atom. The maximum absolute atomic E-state index is 12.3. The second kappa shape index (κ2) is 7.44. The van der Waals surface area contributed by atoms with E-state index >= 15 is 0 Å². The SMILES string of the molecule is CN(C)c1ccc([C@@H](CNS(=O)(=O)c2cccs2)N(C)C)cc1. The number of nitrogens with one attached hydrogen (secondary N) is 1. The fourth-order valence-electron chi connectivity index (χ4n) is 2.27. The molecule has 2 aromatic rings. The zero-order valence-electron chi connectivity index (χ0n) is 13.9. The van der Waals surface area contributed by atoms with Crippen molar-refractivity contribution in [3.05, 3.63) is 47.3 Å². The molecule has 1 aromatic carbocycles. The summed E-state index contributed by atoms with van der Waals surface area (Å²) in [5, 5.41) is 1.76. The molecule has 0 aliphatic rings. The summed E-state index contributed by atoms with van der Waals surface area (Å²) in [6, 6.07) is 11.5.